The fourth-order valence-electron chi connectivity index (χ4n) is 4.16. The maximum atomic E-state index is 12.8. The van der Waals surface area contributed by atoms with Crippen molar-refractivity contribution in [2.45, 2.75) is 30.5 Å². The van der Waals surface area contributed by atoms with E-state index < -0.39 is 0 Å². The van der Waals surface area contributed by atoms with E-state index in [4.69, 9.17) is 4.42 Å². The minimum Gasteiger partial charge on any atom is -0.411 e. The molecule has 2 aromatic carbocycles. The summed E-state index contributed by atoms with van der Waals surface area (Å²) >= 11 is 1.28. The van der Waals surface area contributed by atoms with Crippen LogP contribution in [0.1, 0.15) is 30.0 Å². The molecule has 1 amide bonds. The van der Waals surface area contributed by atoms with Crippen LogP contribution in [0.4, 0.5) is 0 Å². The van der Waals surface area contributed by atoms with Gasteiger partial charge in [0.1, 0.15) is 0 Å². The topological polar surface area (TPSA) is 75.0 Å². The zero-order valence-electron chi connectivity index (χ0n) is 16.7. The van der Waals surface area contributed by atoms with E-state index in [9.17, 15) is 4.79 Å². The van der Waals surface area contributed by atoms with Crippen molar-refractivity contribution in [2.24, 2.45) is 0 Å². The first-order chi connectivity index (χ1) is 14.7. The van der Waals surface area contributed by atoms with Gasteiger partial charge < -0.3 is 14.3 Å². The number of aromatic nitrogens is 3. The van der Waals surface area contributed by atoms with Gasteiger partial charge in [-0.05, 0) is 36.5 Å². The maximum absolute atomic E-state index is 12.8. The summed E-state index contributed by atoms with van der Waals surface area (Å²) < 4.78 is 5.82. The fraction of sp³-hybridized carbons (Fsp3) is 0.261. The first-order valence-electron chi connectivity index (χ1n) is 10.1. The fourth-order valence-corrected chi connectivity index (χ4v) is 4.84. The number of hydrogen-bond acceptors (Lipinski definition) is 5. The Balaban J connectivity index is 1.26. The lowest BCUT2D eigenvalue weighted by molar-refractivity contribution is -0.129. The average molecular weight is 419 g/mol. The van der Waals surface area contributed by atoms with Crippen molar-refractivity contribution >= 4 is 28.6 Å². The van der Waals surface area contributed by atoms with Crippen LogP contribution in [0.25, 0.3) is 22.4 Å². The third kappa shape index (κ3) is 3.50. The van der Waals surface area contributed by atoms with Gasteiger partial charge in [0.15, 0.2) is 0 Å². The molecule has 1 aliphatic rings. The number of aromatic amines is 1. The molecule has 2 aromatic heterocycles. The number of nitrogens with one attached hydrogen (secondary N) is 1. The molecule has 0 bridgehead atoms. The quantitative estimate of drug-likeness (QED) is 0.469. The van der Waals surface area contributed by atoms with E-state index in [1.807, 2.05) is 42.4 Å². The number of carbonyl (C=O) groups excluding carboxylic acids is 1. The molecule has 0 spiro atoms. The van der Waals surface area contributed by atoms with E-state index in [1.165, 1.54) is 22.9 Å². The lowest BCUT2D eigenvalue weighted by Crippen LogP contribution is -2.34. The number of nitrogens with zero attached hydrogens (tertiary/aromatic N) is 3. The highest BCUT2D eigenvalue weighted by atomic mass is 32.2. The lowest BCUT2D eigenvalue weighted by Gasteiger charge is -2.33. The molecule has 30 heavy (non-hydrogen) atoms. The van der Waals surface area contributed by atoms with Crippen molar-refractivity contribution in [2.75, 3.05) is 12.8 Å². The molecule has 0 saturated heterocycles. The predicted octanol–water partition coefficient (Wildman–Crippen LogP) is 4.85. The molecule has 1 aliphatic carbocycles. The Hall–Kier alpha value is -3.06. The molecule has 2 heterocycles. The number of carbonyl (C=O) groups is 1. The van der Waals surface area contributed by atoms with Gasteiger partial charge in [0.05, 0.1) is 17.4 Å². The van der Waals surface area contributed by atoms with Gasteiger partial charge in [0.25, 0.3) is 11.1 Å². The van der Waals surface area contributed by atoms with Gasteiger partial charge in [-0.3, -0.25) is 4.79 Å². The molecule has 7 heteroatoms. The zero-order valence-corrected chi connectivity index (χ0v) is 17.5. The first kappa shape index (κ1) is 18.9. The highest BCUT2D eigenvalue weighted by Gasteiger charge is 2.26. The van der Waals surface area contributed by atoms with Crippen molar-refractivity contribution in [3.05, 3.63) is 65.9 Å². The van der Waals surface area contributed by atoms with Crippen LogP contribution >= 0.6 is 11.8 Å². The van der Waals surface area contributed by atoms with Gasteiger partial charge in [-0.1, -0.05) is 54.2 Å². The Morgan fingerprint density at radius 3 is 2.97 bits per heavy atom. The highest BCUT2D eigenvalue weighted by molar-refractivity contribution is 7.99. The molecule has 5 rings (SSSR count). The number of benzene rings is 2. The molecule has 0 unspecified atom stereocenters. The molecule has 4 aromatic rings. The van der Waals surface area contributed by atoms with Crippen molar-refractivity contribution in [1.82, 2.24) is 20.1 Å². The van der Waals surface area contributed by atoms with Crippen LogP contribution in [0.5, 0.6) is 0 Å². The van der Waals surface area contributed by atoms with E-state index in [1.54, 1.807) is 0 Å². The molecule has 0 aliphatic heterocycles. The number of thioether (sulfide) groups is 1. The highest BCUT2D eigenvalue weighted by Crippen LogP contribution is 2.34. The number of amides is 1. The van der Waals surface area contributed by atoms with Crippen LogP contribution in [0.15, 0.2) is 64.4 Å². The van der Waals surface area contributed by atoms with E-state index >= 15 is 0 Å². The van der Waals surface area contributed by atoms with Crippen LogP contribution in [0.2, 0.25) is 0 Å². The minimum absolute atomic E-state index is 0.0635. The monoisotopic (exact) mass is 418 g/mol. The second-order valence-corrected chi connectivity index (χ2v) is 8.45. The van der Waals surface area contributed by atoms with Crippen molar-refractivity contribution in [1.29, 1.82) is 0 Å². The van der Waals surface area contributed by atoms with E-state index in [0.29, 0.717) is 11.1 Å². The molecule has 1 atom stereocenters. The third-order valence-electron chi connectivity index (χ3n) is 5.74. The summed E-state index contributed by atoms with van der Waals surface area (Å²) in [5, 5.41) is 9.72. The van der Waals surface area contributed by atoms with Gasteiger partial charge in [0.2, 0.25) is 5.91 Å². The van der Waals surface area contributed by atoms with Gasteiger partial charge >= 0.3 is 0 Å². The van der Waals surface area contributed by atoms with Gasteiger partial charge in [-0.15, -0.1) is 10.2 Å². The molecule has 1 N–H and O–H groups in total. The largest absolute Gasteiger partial charge is 0.411 e. The van der Waals surface area contributed by atoms with E-state index in [-0.39, 0.29) is 17.7 Å². The number of fused-ring (bicyclic) bond motifs is 2. The van der Waals surface area contributed by atoms with Crippen LogP contribution in [-0.4, -0.2) is 38.8 Å². The Labute approximate surface area is 178 Å². The van der Waals surface area contributed by atoms with Crippen LogP contribution < -0.4 is 0 Å². The van der Waals surface area contributed by atoms with Gasteiger partial charge in [-0.25, -0.2) is 0 Å². The normalized spacial score (nSPS) is 15.8. The standard InChI is InChI=1S/C23H22N4O2S/c1-27(20-12-6-8-15-7-2-3-9-16(15)20)21(28)14-30-23-26-25-22(29-23)18-13-24-19-11-5-4-10-17(18)19/h2-5,7,9-11,13,20,24H,6,8,12,14H2,1H3/t20-/m1/s1. The van der Waals surface area contributed by atoms with Crippen LogP contribution in [-0.2, 0) is 11.2 Å². The summed E-state index contributed by atoms with van der Waals surface area (Å²) in [5.41, 5.74) is 4.50. The van der Waals surface area contributed by atoms with Crippen molar-refractivity contribution in [3.8, 4) is 11.5 Å². The second-order valence-electron chi connectivity index (χ2n) is 7.52. The second kappa shape index (κ2) is 7.99. The van der Waals surface area contributed by atoms with Crippen LogP contribution in [0.3, 0.4) is 0 Å². The Kier molecular flexibility index (Phi) is 5.04. The zero-order chi connectivity index (χ0) is 20.5. The van der Waals surface area contributed by atoms with Crippen LogP contribution in [0, 0.1) is 0 Å². The molecule has 152 valence electrons. The van der Waals surface area contributed by atoms with Gasteiger partial charge in [-0.2, -0.15) is 0 Å². The smallest absolute Gasteiger partial charge is 0.277 e. The summed E-state index contributed by atoms with van der Waals surface area (Å²) in [7, 11) is 1.89. The maximum Gasteiger partial charge on any atom is 0.277 e. The summed E-state index contributed by atoms with van der Waals surface area (Å²) in [4.78, 5) is 17.9. The third-order valence-corrected chi connectivity index (χ3v) is 6.55. The lowest BCUT2D eigenvalue weighted by atomic mass is 9.87. The number of aryl methyl sites for hydroxylation is 1. The van der Waals surface area contributed by atoms with E-state index in [0.717, 1.165) is 35.7 Å². The predicted molar refractivity (Wildman–Crippen MR) is 117 cm³/mol. The molecular weight excluding hydrogens is 396 g/mol. The summed E-state index contributed by atoms with van der Waals surface area (Å²) in [6.07, 6.45) is 5.05. The van der Waals surface area contributed by atoms with E-state index in [2.05, 4.69) is 39.4 Å². The summed E-state index contributed by atoms with van der Waals surface area (Å²) in [6.45, 7) is 0. The number of rotatable bonds is 5. The molecule has 0 radical (unpaired) electrons. The SMILES string of the molecule is CN(C(=O)CSc1nnc(-c2c[nH]c3ccccc23)o1)[C@@H]1CCCc2ccccc21. The molecular formula is C23H22N4O2S. The number of hydrogen-bond donors (Lipinski definition) is 1. The Morgan fingerprint density at radius 2 is 2.03 bits per heavy atom. The molecule has 6 nitrogen and oxygen atoms in total. The minimum atomic E-state index is 0.0635. The summed E-state index contributed by atoms with van der Waals surface area (Å²) in [6, 6.07) is 16.5. The average Bonchev–Trinajstić information content (AvgIpc) is 3.43. The summed E-state index contributed by atoms with van der Waals surface area (Å²) in [5.74, 6) is 0.788. The molecule has 0 fully saturated rings. The Bertz CT molecular complexity index is 1200. The van der Waals surface area contributed by atoms with Crippen molar-refractivity contribution < 1.29 is 9.21 Å². The van der Waals surface area contributed by atoms with Crippen molar-refractivity contribution in [3.63, 3.8) is 0 Å². The molecule has 0 saturated carbocycles. The number of para-hydroxylation sites is 1. The van der Waals surface area contributed by atoms with Gasteiger partial charge in [0, 0.05) is 24.1 Å². The Morgan fingerprint density at radius 1 is 1.20 bits per heavy atom. The number of H-pyrrole nitrogens is 1. The first-order valence-corrected chi connectivity index (χ1v) is 11.1.